The number of alkyl halides is 3. The van der Waals surface area contributed by atoms with E-state index in [0.29, 0.717) is 11.7 Å². The van der Waals surface area contributed by atoms with Crippen molar-refractivity contribution in [1.82, 2.24) is 4.98 Å². The minimum Gasteiger partial charge on any atom is -0.351 e. The smallest absolute Gasteiger partial charge is 0.351 e. The first-order valence-corrected chi connectivity index (χ1v) is 6.65. The first kappa shape index (κ1) is 15.2. The minimum atomic E-state index is -4.13. The molecule has 2 N–H and O–H groups in total. The monoisotopic (exact) mass is 281 g/mol. The Morgan fingerprint density at radius 2 is 2.06 bits per heavy atom. The zero-order chi connectivity index (χ0) is 13.8. The SMILES string of the molecule is CCCc1nc(N(C)CCC(F)(F)F)sc1CN. The van der Waals surface area contributed by atoms with Crippen molar-refractivity contribution in [3.63, 3.8) is 0 Å². The lowest BCUT2D eigenvalue weighted by Gasteiger charge is -2.16. The molecule has 0 saturated carbocycles. The molecular weight excluding hydrogens is 263 g/mol. The molecule has 0 spiro atoms. The number of hydrogen-bond donors (Lipinski definition) is 1. The third kappa shape index (κ3) is 4.45. The van der Waals surface area contributed by atoms with Gasteiger partial charge in [-0.3, -0.25) is 0 Å². The van der Waals surface area contributed by atoms with Crippen LogP contribution in [0.15, 0.2) is 0 Å². The van der Waals surface area contributed by atoms with E-state index in [2.05, 4.69) is 4.98 Å². The lowest BCUT2D eigenvalue weighted by Crippen LogP contribution is -2.23. The Bertz CT molecular complexity index is 376. The van der Waals surface area contributed by atoms with Crippen LogP contribution in [-0.4, -0.2) is 24.8 Å². The van der Waals surface area contributed by atoms with Crippen LogP contribution in [0.25, 0.3) is 0 Å². The van der Waals surface area contributed by atoms with E-state index in [-0.39, 0.29) is 6.54 Å². The summed E-state index contributed by atoms with van der Waals surface area (Å²) in [6.45, 7) is 2.35. The molecule has 1 aromatic heterocycles. The number of halogens is 3. The van der Waals surface area contributed by atoms with Crippen molar-refractivity contribution in [3.8, 4) is 0 Å². The number of anilines is 1. The predicted molar refractivity (Wildman–Crippen MR) is 67.9 cm³/mol. The molecule has 0 aliphatic heterocycles. The second-order valence-corrected chi connectivity index (χ2v) is 5.17. The van der Waals surface area contributed by atoms with Gasteiger partial charge in [-0.15, -0.1) is 11.3 Å². The van der Waals surface area contributed by atoms with Gasteiger partial charge < -0.3 is 10.6 Å². The Morgan fingerprint density at radius 1 is 1.39 bits per heavy atom. The van der Waals surface area contributed by atoms with E-state index in [4.69, 9.17) is 5.73 Å². The summed E-state index contributed by atoms with van der Waals surface area (Å²) < 4.78 is 36.4. The number of aromatic nitrogens is 1. The summed E-state index contributed by atoms with van der Waals surface area (Å²) in [7, 11) is 1.63. The zero-order valence-corrected chi connectivity index (χ0v) is 11.4. The third-order valence-electron chi connectivity index (χ3n) is 2.50. The van der Waals surface area contributed by atoms with Gasteiger partial charge in [0.2, 0.25) is 0 Å². The summed E-state index contributed by atoms with van der Waals surface area (Å²) in [4.78, 5) is 6.87. The maximum Gasteiger partial charge on any atom is 0.390 e. The molecule has 1 rings (SSSR count). The molecule has 0 aromatic carbocycles. The molecule has 0 unspecified atom stereocenters. The summed E-state index contributed by atoms with van der Waals surface area (Å²) >= 11 is 1.38. The fourth-order valence-electron chi connectivity index (χ4n) is 1.51. The van der Waals surface area contributed by atoms with Crippen LogP contribution < -0.4 is 10.6 Å². The molecule has 104 valence electrons. The van der Waals surface area contributed by atoms with Gasteiger partial charge >= 0.3 is 6.18 Å². The molecule has 18 heavy (non-hydrogen) atoms. The second kappa shape index (κ2) is 6.38. The molecule has 0 aliphatic rings. The van der Waals surface area contributed by atoms with E-state index in [1.807, 2.05) is 6.92 Å². The zero-order valence-electron chi connectivity index (χ0n) is 10.5. The van der Waals surface area contributed by atoms with E-state index >= 15 is 0 Å². The van der Waals surface area contributed by atoms with Crippen molar-refractivity contribution in [1.29, 1.82) is 0 Å². The highest BCUT2D eigenvalue weighted by atomic mass is 32.1. The molecule has 1 aromatic rings. The topological polar surface area (TPSA) is 42.2 Å². The van der Waals surface area contributed by atoms with Crippen LogP contribution in [0.3, 0.4) is 0 Å². The average molecular weight is 281 g/mol. The maximum absolute atomic E-state index is 12.1. The van der Waals surface area contributed by atoms with Crippen molar-refractivity contribution < 1.29 is 13.2 Å². The summed E-state index contributed by atoms with van der Waals surface area (Å²) in [5, 5.41) is 0.614. The Hall–Kier alpha value is -0.820. The van der Waals surface area contributed by atoms with Crippen molar-refractivity contribution in [2.24, 2.45) is 5.73 Å². The Morgan fingerprint density at radius 3 is 2.56 bits per heavy atom. The van der Waals surface area contributed by atoms with Crippen LogP contribution in [0.2, 0.25) is 0 Å². The molecule has 0 saturated heterocycles. The first-order valence-electron chi connectivity index (χ1n) is 5.84. The Kier molecular flexibility index (Phi) is 5.40. The number of thiazole rings is 1. The van der Waals surface area contributed by atoms with Crippen molar-refractivity contribution >= 4 is 16.5 Å². The van der Waals surface area contributed by atoms with Crippen LogP contribution in [-0.2, 0) is 13.0 Å². The highest BCUT2D eigenvalue weighted by Gasteiger charge is 2.27. The molecule has 0 atom stereocenters. The maximum atomic E-state index is 12.1. The molecule has 1 heterocycles. The van der Waals surface area contributed by atoms with Crippen LogP contribution >= 0.6 is 11.3 Å². The second-order valence-electron chi connectivity index (χ2n) is 4.11. The first-order chi connectivity index (χ1) is 8.37. The number of rotatable bonds is 6. The summed E-state index contributed by atoms with van der Waals surface area (Å²) in [6, 6.07) is 0. The van der Waals surface area contributed by atoms with Gasteiger partial charge in [-0.25, -0.2) is 4.98 Å². The van der Waals surface area contributed by atoms with E-state index in [9.17, 15) is 13.2 Å². The number of nitrogens with zero attached hydrogens (tertiary/aromatic N) is 2. The highest BCUT2D eigenvalue weighted by molar-refractivity contribution is 7.15. The van der Waals surface area contributed by atoms with Gasteiger partial charge in [0.15, 0.2) is 5.13 Å². The molecular formula is C11H18F3N3S. The van der Waals surface area contributed by atoms with E-state index in [0.717, 1.165) is 23.4 Å². The van der Waals surface area contributed by atoms with Gasteiger partial charge in [0.1, 0.15) is 0 Å². The van der Waals surface area contributed by atoms with Crippen LogP contribution in [0.5, 0.6) is 0 Å². The summed E-state index contributed by atoms with van der Waals surface area (Å²) in [5.41, 5.74) is 6.53. The Labute approximate surface area is 109 Å². The highest BCUT2D eigenvalue weighted by Crippen LogP contribution is 2.28. The number of aryl methyl sites for hydroxylation is 1. The third-order valence-corrected chi connectivity index (χ3v) is 3.73. The fraction of sp³-hybridized carbons (Fsp3) is 0.727. The molecule has 0 amide bonds. The normalized spacial score (nSPS) is 11.9. The molecule has 7 heteroatoms. The Balaban J connectivity index is 2.70. The van der Waals surface area contributed by atoms with Crippen LogP contribution in [0, 0.1) is 0 Å². The summed E-state index contributed by atoms with van der Waals surface area (Å²) in [6.07, 6.45) is -3.20. The van der Waals surface area contributed by atoms with Gasteiger partial charge in [-0.2, -0.15) is 13.2 Å². The quantitative estimate of drug-likeness (QED) is 0.871. The molecule has 3 nitrogen and oxygen atoms in total. The summed E-state index contributed by atoms with van der Waals surface area (Å²) in [5.74, 6) is 0. The molecule has 0 radical (unpaired) electrons. The fourth-order valence-corrected chi connectivity index (χ4v) is 2.49. The molecule has 0 aliphatic carbocycles. The van der Waals surface area contributed by atoms with Gasteiger partial charge in [0.05, 0.1) is 12.1 Å². The lowest BCUT2D eigenvalue weighted by molar-refractivity contribution is -0.132. The number of hydrogen-bond acceptors (Lipinski definition) is 4. The van der Waals surface area contributed by atoms with E-state index < -0.39 is 12.6 Å². The van der Waals surface area contributed by atoms with Crippen LogP contribution in [0.1, 0.15) is 30.3 Å². The van der Waals surface area contributed by atoms with Gasteiger partial charge in [-0.05, 0) is 6.42 Å². The molecule has 0 bridgehead atoms. The van der Waals surface area contributed by atoms with Crippen LogP contribution in [0.4, 0.5) is 18.3 Å². The van der Waals surface area contributed by atoms with Crippen molar-refractivity contribution in [3.05, 3.63) is 10.6 Å². The predicted octanol–water partition coefficient (Wildman–Crippen LogP) is 2.94. The van der Waals surface area contributed by atoms with Crippen molar-refractivity contribution in [2.75, 3.05) is 18.5 Å². The number of nitrogens with two attached hydrogens (primary N) is 1. The van der Waals surface area contributed by atoms with Gasteiger partial charge in [0.25, 0.3) is 0 Å². The molecule has 0 fully saturated rings. The standard InChI is InChI=1S/C11H18F3N3S/c1-3-4-8-9(7-15)18-10(16-8)17(2)6-5-11(12,13)14/h3-7,15H2,1-2H3. The van der Waals surface area contributed by atoms with E-state index in [1.54, 1.807) is 7.05 Å². The average Bonchev–Trinajstić information content (AvgIpc) is 2.69. The minimum absolute atomic E-state index is 0.0768. The van der Waals surface area contributed by atoms with Gasteiger partial charge in [0, 0.05) is 25.0 Å². The van der Waals surface area contributed by atoms with E-state index in [1.165, 1.54) is 16.2 Å². The largest absolute Gasteiger partial charge is 0.390 e. The van der Waals surface area contributed by atoms with Gasteiger partial charge in [-0.1, -0.05) is 13.3 Å². The lowest BCUT2D eigenvalue weighted by atomic mass is 10.2. The van der Waals surface area contributed by atoms with Crippen molar-refractivity contribution in [2.45, 2.75) is 38.9 Å².